The molecule has 1 aliphatic heterocycles. The molecule has 0 fully saturated rings. The van der Waals surface area contributed by atoms with Crippen LogP contribution in [0.4, 0.5) is 5.69 Å². The van der Waals surface area contributed by atoms with Crippen molar-refractivity contribution in [2.45, 2.75) is 20.3 Å². The van der Waals surface area contributed by atoms with Gasteiger partial charge in [0, 0.05) is 6.54 Å². The van der Waals surface area contributed by atoms with Crippen LogP contribution in [0.3, 0.4) is 0 Å². The van der Waals surface area contributed by atoms with Crippen molar-refractivity contribution in [1.29, 1.82) is 0 Å². The molecule has 0 saturated carbocycles. The van der Waals surface area contributed by atoms with Gasteiger partial charge in [0.05, 0.1) is 11.3 Å². The van der Waals surface area contributed by atoms with Crippen molar-refractivity contribution >= 4 is 23.3 Å². The Morgan fingerprint density at radius 2 is 2.05 bits per heavy atom. The van der Waals surface area contributed by atoms with Gasteiger partial charge in [0.1, 0.15) is 6.54 Å². The summed E-state index contributed by atoms with van der Waals surface area (Å²) in [5, 5.41) is 2.69. The first kappa shape index (κ1) is 13.3. The fraction of sp³-hybridized carbons (Fsp3) is 0.357. The lowest BCUT2D eigenvalue weighted by molar-refractivity contribution is -0.122. The molecular formula is C14H16N2O3. The van der Waals surface area contributed by atoms with Crippen LogP contribution in [0.15, 0.2) is 18.2 Å². The van der Waals surface area contributed by atoms with Crippen LogP contribution in [0.25, 0.3) is 0 Å². The number of nitrogens with zero attached hydrogens (tertiary/aromatic N) is 1. The monoisotopic (exact) mass is 260 g/mol. The van der Waals surface area contributed by atoms with Gasteiger partial charge in [-0.25, -0.2) is 0 Å². The lowest BCUT2D eigenvalue weighted by Crippen LogP contribution is -2.40. The number of hydrogen-bond donors (Lipinski definition) is 1. The maximum absolute atomic E-state index is 11.9. The summed E-state index contributed by atoms with van der Waals surface area (Å²) in [4.78, 5) is 36.6. The van der Waals surface area contributed by atoms with Gasteiger partial charge in [0.25, 0.3) is 11.7 Å². The van der Waals surface area contributed by atoms with Crippen molar-refractivity contribution in [1.82, 2.24) is 5.32 Å². The summed E-state index contributed by atoms with van der Waals surface area (Å²) < 4.78 is 0. The van der Waals surface area contributed by atoms with E-state index in [2.05, 4.69) is 5.32 Å². The molecule has 2 amide bonds. The SMILES string of the molecule is CCCNC(=O)CN1C(=O)C(=O)c2cc(C)ccc21. The van der Waals surface area contributed by atoms with Crippen molar-refractivity contribution in [3.8, 4) is 0 Å². The lowest BCUT2D eigenvalue weighted by atomic mass is 10.1. The van der Waals surface area contributed by atoms with Gasteiger partial charge in [-0.15, -0.1) is 0 Å². The maximum Gasteiger partial charge on any atom is 0.299 e. The fourth-order valence-corrected chi connectivity index (χ4v) is 2.04. The van der Waals surface area contributed by atoms with Crippen LogP contribution in [-0.4, -0.2) is 30.7 Å². The van der Waals surface area contributed by atoms with Gasteiger partial charge in [-0.3, -0.25) is 19.3 Å². The van der Waals surface area contributed by atoms with E-state index in [1.54, 1.807) is 12.1 Å². The Kier molecular flexibility index (Phi) is 3.64. The topological polar surface area (TPSA) is 66.5 Å². The number of ketones is 1. The van der Waals surface area contributed by atoms with E-state index in [9.17, 15) is 14.4 Å². The van der Waals surface area contributed by atoms with E-state index >= 15 is 0 Å². The lowest BCUT2D eigenvalue weighted by Gasteiger charge is -2.16. The first-order chi connectivity index (χ1) is 9.04. The van der Waals surface area contributed by atoms with Crippen molar-refractivity contribution < 1.29 is 14.4 Å². The molecular weight excluding hydrogens is 244 g/mol. The fourth-order valence-electron chi connectivity index (χ4n) is 2.04. The molecule has 1 aliphatic rings. The van der Waals surface area contributed by atoms with Gasteiger partial charge in [-0.1, -0.05) is 18.6 Å². The van der Waals surface area contributed by atoms with E-state index in [0.29, 0.717) is 17.8 Å². The van der Waals surface area contributed by atoms with Crippen LogP contribution < -0.4 is 10.2 Å². The summed E-state index contributed by atoms with van der Waals surface area (Å²) in [6.07, 6.45) is 0.828. The Hall–Kier alpha value is -2.17. The number of benzene rings is 1. The van der Waals surface area contributed by atoms with E-state index < -0.39 is 11.7 Å². The smallest absolute Gasteiger partial charge is 0.299 e. The molecule has 2 rings (SSSR count). The molecule has 5 heteroatoms. The number of carbonyl (C=O) groups is 3. The highest BCUT2D eigenvalue weighted by Gasteiger charge is 2.36. The summed E-state index contributed by atoms with van der Waals surface area (Å²) in [6.45, 7) is 4.26. The maximum atomic E-state index is 11.9. The number of hydrogen-bond acceptors (Lipinski definition) is 3. The van der Waals surface area contributed by atoms with E-state index in [4.69, 9.17) is 0 Å². The Morgan fingerprint density at radius 3 is 2.74 bits per heavy atom. The Bertz CT molecular complexity index is 552. The average Bonchev–Trinajstić information content (AvgIpc) is 2.61. The van der Waals surface area contributed by atoms with Gasteiger partial charge in [0.2, 0.25) is 5.91 Å². The van der Waals surface area contributed by atoms with Crippen LogP contribution >= 0.6 is 0 Å². The average molecular weight is 260 g/mol. The van der Waals surface area contributed by atoms with Crippen LogP contribution in [0.5, 0.6) is 0 Å². The quantitative estimate of drug-likeness (QED) is 0.823. The number of Topliss-reactive ketones (excluding diaryl/α,β-unsaturated/α-hetero) is 1. The zero-order valence-corrected chi connectivity index (χ0v) is 11.0. The van der Waals surface area contributed by atoms with E-state index in [1.807, 2.05) is 19.9 Å². The number of aryl methyl sites for hydroxylation is 1. The van der Waals surface area contributed by atoms with Crippen molar-refractivity contribution in [2.24, 2.45) is 0 Å². The summed E-state index contributed by atoms with van der Waals surface area (Å²) >= 11 is 0. The second-order valence-corrected chi connectivity index (χ2v) is 4.59. The minimum Gasteiger partial charge on any atom is -0.355 e. The van der Waals surface area contributed by atoms with Gasteiger partial charge in [0.15, 0.2) is 0 Å². The highest BCUT2D eigenvalue weighted by molar-refractivity contribution is 6.52. The van der Waals surface area contributed by atoms with Crippen molar-refractivity contribution in [3.05, 3.63) is 29.3 Å². The Labute approximate surface area is 111 Å². The van der Waals surface area contributed by atoms with E-state index in [1.165, 1.54) is 4.90 Å². The first-order valence-electron chi connectivity index (χ1n) is 6.28. The second kappa shape index (κ2) is 5.22. The zero-order chi connectivity index (χ0) is 14.0. The van der Waals surface area contributed by atoms with E-state index in [-0.39, 0.29) is 12.5 Å². The Balaban J connectivity index is 2.21. The number of amides is 2. The number of rotatable bonds is 4. The molecule has 5 nitrogen and oxygen atoms in total. The third kappa shape index (κ3) is 2.50. The third-order valence-electron chi connectivity index (χ3n) is 3.00. The van der Waals surface area contributed by atoms with Crippen molar-refractivity contribution in [3.63, 3.8) is 0 Å². The summed E-state index contributed by atoms with van der Waals surface area (Å²) in [6, 6.07) is 5.21. The predicted octanol–water partition coefficient (Wildman–Crippen LogP) is 1.05. The second-order valence-electron chi connectivity index (χ2n) is 4.59. The molecule has 0 aromatic heterocycles. The summed E-state index contributed by atoms with van der Waals surface area (Å²) in [7, 11) is 0. The molecule has 1 aromatic carbocycles. The first-order valence-corrected chi connectivity index (χ1v) is 6.28. The highest BCUT2D eigenvalue weighted by Crippen LogP contribution is 2.29. The molecule has 0 spiro atoms. The molecule has 0 aliphatic carbocycles. The highest BCUT2D eigenvalue weighted by atomic mass is 16.2. The minimum atomic E-state index is -0.632. The molecule has 0 radical (unpaired) electrons. The molecule has 1 N–H and O–H groups in total. The molecule has 0 bridgehead atoms. The molecule has 0 unspecified atom stereocenters. The molecule has 0 atom stereocenters. The van der Waals surface area contributed by atoms with Gasteiger partial charge >= 0.3 is 0 Å². The number of anilines is 1. The molecule has 100 valence electrons. The number of nitrogens with one attached hydrogen (secondary N) is 1. The van der Waals surface area contributed by atoms with Crippen molar-refractivity contribution in [2.75, 3.05) is 18.0 Å². The number of carbonyl (C=O) groups excluding carboxylic acids is 3. The van der Waals surface area contributed by atoms with Crippen LogP contribution in [0.1, 0.15) is 29.3 Å². The molecule has 1 aromatic rings. The summed E-state index contributed by atoms with van der Waals surface area (Å²) in [5.41, 5.74) is 1.82. The third-order valence-corrected chi connectivity index (χ3v) is 3.00. The molecule has 1 heterocycles. The molecule has 19 heavy (non-hydrogen) atoms. The predicted molar refractivity (Wildman–Crippen MR) is 71.2 cm³/mol. The number of fused-ring (bicyclic) bond motifs is 1. The van der Waals surface area contributed by atoms with Gasteiger partial charge in [-0.05, 0) is 25.5 Å². The van der Waals surface area contributed by atoms with Crippen LogP contribution in [0, 0.1) is 6.92 Å². The van der Waals surface area contributed by atoms with Crippen LogP contribution in [-0.2, 0) is 9.59 Å². The van der Waals surface area contributed by atoms with Gasteiger partial charge < -0.3 is 5.32 Å². The Morgan fingerprint density at radius 1 is 1.32 bits per heavy atom. The normalized spacial score (nSPS) is 13.7. The largest absolute Gasteiger partial charge is 0.355 e. The van der Waals surface area contributed by atoms with Gasteiger partial charge in [-0.2, -0.15) is 0 Å². The molecule has 0 saturated heterocycles. The zero-order valence-electron chi connectivity index (χ0n) is 11.0. The van der Waals surface area contributed by atoms with Crippen LogP contribution in [0.2, 0.25) is 0 Å². The van der Waals surface area contributed by atoms with E-state index in [0.717, 1.165) is 12.0 Å². The standard InChI is InChI=1S/C14H16N2O3/c1-3-6-15-12(17)8-16-11-5-4-9(2)7-10(11)13(18)14(16)19/h4-5,7H,3,6,8H2,1-2H3,(H,15,17). The minimum absolute atomic E-state index is 0.110. The summed E-state index contributed by atoms with van der Waals surface area (Å²) in [5.74, 6) is -1.43.